The van der Waals surface area contributed by atoms with Gasteiger partial charge in [-0.3, -0.25) is 10.1 Å². The fraction of sp³-hybridized carbons (Fsp3) is 0.167. The van der Waals surface area contributed by atoms with E-state index in [2.05, 4.69) is 0 Å². The third-order valence-corrected chi connectivity index (χ3v) is 3.55. The number of para-hydroxylation sites is 1. The van der Waals surface area contributed by atoms with Crippen LogP contribution in [0.15, 0.2) is 36.4 Å². The number of nitro groups is 1. The van der Waals surface area contributed by atoms with Crippen LogP contribution in [-0.4, -0.2) is 26.3 Å². The van der Waals surface area contributed by atoms with Gasteiger partial charge < -0.3 is 14.2 Å². The summed E-state index contributed by atoms with van der Waals surface area (Å²) in [5, 5.41) is 21.0. The molecule has 0 aliphatic rings. The predicted octanol–water partition coefficient (Wildman–Crippen LogP) is 3.68. The van der Waals surface area contributed by atoms with E-state index in [0.29, 0.717) is 17.1 Å². The van der Waals surface area contributed by atoms with Crippen LogP contribution in [-0.2, 0) is 0 Å². The summed E-state index contributed by atoms with van der Waals surface area (Å²) in [6.45, 7) is 0. The molecule has 7 heteroatoms. The largest absolute Gasteiger partial charge is 0.496 e. The Morgan fingerprint density at radius 1 is 1.08 bits per heavy atom. The highest BCUT2D eigenvalue weighted by Gasteiger charge is 2.22. The van der Waals surface area contributed by atoms with Gasteiger partial charge in [-0.15, -0.1) is 0 Å². The molecule has 0 aliphatic carbocycles. The topological polar surface area (TPSA) is 94.6 Å². The van der Waals surface area contributed by atoms with Crippen molar-refractivity contribution in [1.29, 1.82) is 5.26 Å². The van der Waals surface area contributed by atoms with Gasteiger partial charge in [-0.2, -0.15) is 5.26 Å². The molecule has 0 N–H and O–H groups in total. The molecule has 0 aliphatic heterocycles. The van der Waals surface area contributed by atoms with Crippen molar-refractivity contribution in [2.45, 2.75) is 0 Å². The fourth-order valence-corrected chi connectivity index (χ4v) is 2.35. The summed E-state index contributed by atoms with van der Waals surface area (Å²) < 4.78 is 15.5. The van der Waals surface area contributed by atoms with Gasteiger partial charge in [-0.1, -0.05) is 18.2 Å². The van der Waals surface area contributed by atoms with E-state index in [1.807, 2.05) is 6.07 Å². The molecule has 0 fully saturated rings. The Hall–Kier alpha value is -3.53. The van der Waals surface area contributed by atoms with E-state index in [1.54, 1.807) is 24.3 Å². The quantitative estimate of drug-likeness (QED) is 0.344. The molecule has 0 atom stereocenters. The molecule has 0 aromatic heterocycles. The summed E-state index contributed by atoms with van der Waals surface area (Å²) in [6.07, 6.45) is 1.53. The second-order valence-electron chi connectivity index (χ2n) is 4.89. The summed E-state index contributed by atoms with van der Waals surface area (Å²) >= 11 is 0. The van der Waals surface area contributed by atoms with Crippen molar-refractivity contribution in [3.05, 3.63) is 57.6 Å². The number of nitro benzene ring substituents is 1. The average molecular weight is 340 g/mol. The maximum atomic E-state index is 11.4. The number of benzene rings is 2. The molecule has 0 bridgehead atoms. The Balaban J connectivity index is 2.70. The molecule has 7 nitrogen and oxygen atoms in total. The van der Waals surface area contributed by atoms with Crippen molar-refractivity contribution in [3.63, 3.8) is 0 Å². The number of nitriles is 1. The van der Waals surface area contributed by atoms with Crippen LogP contribution < -0.4 is 14.2 Å². The Morgan fingerprint density at radius 3 is 2.24 bits per heavy atom. The lowest BCUT2D eigenvalue weighted by Gasteiger charge is -2.10. The zero-order valence-corrected chi connectivity index (χ0v) is 14.0. The highest BCUT2D eigenvalue weighted by atomic mass is 16.6. The zero-order chi connectivity index (χ0) is 18.4. The van der Waals surface area contributed by atoms with Crippen LogP contribution in [0.3, 0.4) is 0 Å². The maximum Gasteiger partial charge on any atom is 0.281 e. The van der Waals surface area contributed by atoms with Crippen LogP contribution in [0.25, 0.3) is 11.6 Å². The molecular formula is C18H16N2O5. The second kappa shape index (κ2) is 7.84. The molecule has 2 aromatic rings. The molecule has 0 unspecified atom stereocenters. The Bertz CT molecular complexity index is 868. The van der Waals surface area contributed by atoms with Crippen molar-refractivity contribution in [2.24, 2.45) is 0 Å². The minimum atomic E-state index is -0.565. The molecule has 2 rings (SSSR count). The molecule has 0 saturated carbocycles. The van der Waals surface area contributed by atoms with Crippen LogP contribution in [0.2, 0.25) is 0 Å². The van der Waals surface area contributed by atoms with Crippen molar-refractivity contribution < 1.29 is 19.1 Å². The zero-order valence-electron chi connectivity index (χ0n) is 14.0. The van der Waals surface area contributed by atoms with Crippen LogP contribution in [0.5, 0.6) is 17.2 Å². The first-order chi connectivity index (χ1) is 12.0. The highest BCUT2D eigenvalue weighted by molar-refractivity contribution is 5.94. The van der Waals surface area contributed by atoms with Gasteiger partial charge in [0.2, 0.25) is 0 Å². The SMILES string of the molecule is COc1ccccc1/C=C(\C#N)c1cc(OC)c(OC)cc1[N+](=O)[O-]. The number of rotatable bonds is 6. The van der Waals surface area contributed by atoms with Crippen LogP contribution in [0, 0.1) is 21.4 Å². The smallest absolute Gasteiger partial charge is 0.281 e. The summed E-state index contributed by atoms with van der Waals surface area (Å²) in [7, 11) is 4.32. The summed E-state index contributed by atoms with van der Waals surface area (Å²) in [4.78, 5) is 10.9. The van der Waals surface area contributed by atoms with Gasteiger partial charge in [0.1, 0.15) is 11.8 Å². The third-order valence-electron chi connectivity index (χ3n) is 3.55. The van der Waals surface area contributed by atoms with Crippen LogP contribution in [0.4, 0.5) is 5.69 Å². The number of hydrogen-bond donors (Lipinski definition) is 0. The van der Waals surface area contributed by atoms with E-state index in [9.17, 15) is 15.4 Å². The standard InChI is InChI=1S/C18H16N2O5/c1-23-16-7-5-4-6-12(16)8-13(11-19)14-9-17(24-2)18(25-3)10-15(14)20(21)22/h4-10H,1-3H3/b13-8+. The first kappa shape index (κ1) is 17.8. The van der Waals surface area contributed by atoms with Gasteiger partial charge in [0.25, 0.3) is 5.69 Å². The van der Waals surface area contributed by atoms with E-state index in [-0.39, 0.29) is 22.6 Å². The Morgan fingerprint density at radius 2 is 1.68 bits per heavy atom. The van der Waals surface area contributed by atoms with Gasteiger partial charge in [0.15, 0.2) is 11.5 Å². The van der Waals surface area contributed by atoms with Crippen LogP contribution >= 0.6 is 0 Å². The number of ether oxygens (including phenoxy) is 3. The number of methoxy groups -OCH3 is 3. The minimum absolute atomic E-state index is 0.108. The van der Waals surface area contributed by atoms with Crippen LogP contribution in [0.1, 0.15) is 11.1 Å². The third kappa shape index (κ3) is 3.70. The Labute approximate surface area is 144 Å². The van der Waals surface area contributed by atoms with Crippen molar-refractivity contribution in [1.82, 2.24) is 0 Å². The van der Waals surface area contributed by atoms with Crippen molar-refractivity contribution >= 4 is 17.3 Å². The maximum absolute atomic E-state index is 11.4. The molecule has 0 saturated heterocycles. The molecular weight excluding hydrogens is 324 g/mol. The van der Waals surface area contributed by atoms with E-state index < -0.39 is 4.92 Å². The van der Waals surface area contributed by atoms with Crippen molar-refractivity contribution in [2.75, 3.05) is 21.3 Å². The second-order valence-corrected chi connectivity index (χ2v) is 4.89. The molecule has 0 heterocycles. The summed E-state index contributed by atoms with van der Waals surface area (Å²) in [5.74, 6) is 1.06. The van der Waals surface area contributed by atoms with Gasteiger partial charge in [0.05, 0.1) is 43.5 Å². The molecule has 0 amide bonds. The minimum Gasteiger partial charge on any atom is -0.496 e. The summed E-state index contributed by atoms with van der Waals surface area (Å²) in [6, 6.07) is 11.7. The van der Waals surface area contributed by atoms with Crippen molar-refractivity contribution in [3.8, 4) is 23.3 Å². The lowest BCUT2D eigenvalue weighted by molar-refractivity contribution is -0.385. The van der Waals surface area contributed by atoms with Gasteiger partial charge in [-0.25, -0.2) is 0 Å². The predicted molar refractivity (Wildman–Crippen MR) is 92.7 cm³/mol. The molecule has 25 heavy (non-hydrogen) atoms. The fourth-order valence-electron chi connectivity index (χ4n) is 2.35. The number of hydrogen-bond acceptors (Lipinski definition) is 6. The number of allylic oxidation sites excluding steroid dienone is 1. The van der Waals surface area contributed by atoms with E-state index in [0.717, 1.165) is 0 Å². The van der Waals surface area contributed by atoms with Gasteiger partial charge in [0, 0.05) is 5.56 Å². The lowest BCUT2D eigenvalue weighted by Crippen LogP contribution is -1.99. The lowest BCUT2D eigenvalue weighted by atomic mass is 10.0. The monoisotopic (exact) mass is 340 g/mol. The molecule has 128 valence electrons. The molecule has 0 spiro atoms. The first-order valence-electron chi connectivity index (χ1n) is 7.21. The molecule has 2 aromatic carbocycles. The normalized spacial score (nSPS) is 10.7. The van der Waals surface area contributed by atoms with E-state index in [4.69, 9.17) is 14.2 Å². The van der Waals surface area contributed by atoms with Gasteiger partial charge in [-0.05, 0) is 18.2 Å². The van der Waals surface area contributed by atoms with E-state index >= 15 is 0 Å². The summed E-state index contributed by atoms with van der Waals surface area (Å²) in [5.41, 5.74) is 0.624. The van der Waals surface area contributed by atoms with E-state index in [1.165, 1.54) is 39.5 Å². The molecule has 0 radical (unpaired) electrons. The Kier molecular flexibility index (Phi) is 5.58. The number of nitrogens with zero attached hydrogens (tertiary/aromatic N) is 2. The van der Waals surface area contributed by atoms with Gasteiger partial charge >= 0.3 is 0 Å². The highest BCUT2D eigenvalue weighted by Crippen LogP contribution is 2.38. The average Bonchev–Trinajstić information content (AvgIpc) is 2.65. The first-order valence-corrected chi connectivity index (χ1v) is 7.21.